The summed E-state index contributed by atoms with van der Waals surface area (Å²) in [5.41, 5.74) is 1.25. The van der Waals surface area contributed by atoms with Crippen LogP contribution in [0, 0.1) is 0 Å². The third kappa shape index (κ3) is 5.30. The number of hydrogen-bond donors (Lipinski definition) is 0. The van der Waals surface area contributed by atoms with Crippen molar-refractivity contribution >= 4 is 10.0 Å². The number of nitrogens with zero attached hydrogens (tertiary/aromatic N) is 2. The summed E-state index contributed by atoms with van der Waals surface area (Å²) in [5.74, 6) is 0.167. The molecule has 0 aromatic heterocycles. The van der Waals surface area contributed by atoms with Crippen molar-refractivity contribution in [2.75, 3.05) is 33.9 Å². The van der Waals surface area contributed by atoms with Gasteiger partial charge in [0.2, 0.25) is 10.0 Å². The van der Waals surface area contributed by atoms with Crippen LogP contribution in [0.1, 0.15) is 12.0 Å². The SMILES string of the molecule is CN(C)[C@H](CCc1ccccc1)CS(=O)(=O)N(C)C. The van der Waals surface area contributed by atoms with E-state index in [9.17, 15) is 8.42 Å². The number of benzene rings is 1. The van der Waals surface area contributed by atoms with Crippen molar-refractivity contribution in [3.05, 3.63) is 35.9 Å². The summed E-state index contributed by atoms with van der Waals surface area (Å²) in [5, 5.41) is 0. The third-order valence-corrected chi connectivity index (χ3v) is 5.22. The fourth-order valence-electron chi connectivity index (χ4n) is 1.86. The quantitative estimate of drug-likeness (QED) is 0.761. The molecule has 0 aliphatic heterocycles. The summed E-state index contributed by atoms with van der Waals surface area (Å²) in [4.78, 5) is 1.99. The lowest BCUT2D eigenvalue weighted by atomic mass is 10.1. The second-order valence-corrected chi connectivity index (χ2v) is 7.43. The van der Waals surface area contributed by atoms with E-state index in [1.165, 1.54) is 9.87 Å². The van der Waals surface area contributed by atoms with Gasteiger partial charge in [-0.3, -0.25) is 0 Å². The molecular formula is C14H24N2O2S. The Kier molecular flexibility index (Phi) is 5.97. The van der Waals surface area contributed by atoms with Crippen LogP contribution in [0.2, 0.25) is 0 Å². The molecule has 0 spiro atoms. The van der Waals surface area contributed by atoms with Gasteiger partial charge in [0.1, 0.15) is 0 Å². The number of aryl methyl sites for hydroxylation is 1. The summed E-state index contributed by atoms with van der Waals surface area (Å²) in [6, 6.07) is 10.2. The molecule has 19 heavy (non-hydrogen) atoms. The third-order valence-electron chi connectivity index (χ3n) is 3.30. The van der Waals surface area contributed by atoms with Crippen LogP contribution in [0.5, 0.6) is 0 Å². The van der Waals surface area contributed by atoms with E-state index in [-0.39, 0.29) is 11.8 Å². The molecule has 0 heterocycles. The Morgan fingerprint density at radius 2 is 1.63 bits per heavy atom. The molecule has 0 amide bonds. The van der Waals surface area contributed by atoms with Gasteiger partial charge in [-0.05, 0) is 32.5 Å². The van der Waals surface area contributed by atoms with E-state index in [1.807, 2.05) is 37.2 Å². The van der Waals surface area contributed by atoms with Gasteiger partial charge < -0.3 is 4.90 Å². The van der Waals surface area contributed by atoms with Crippen LogP contribution in [0.4, 0.5) is 0 Å². The highest BCUT2D eigenvalue weighted by atomic mass is 32.2. The van der Waals surface area contributed by atoms with Gasteiger partial charge in [-0.2, -0.15) is 0 Å². The first-order valence-corrected chi connectivity index (χ1v) is 8.04. The second kappa shape index (κ2) is 7.03. The summed E-state index contributed by atoms with van der Waals surface area (Å²) >= 11 is 0. The highest BCUT2D eigenvalue weighted by Crippen LogP contribution is 2.11. The minimum Gasteiger partial charge on any atom is -0.305 e. The first-order valence-electron chi connectivity index (χ1n) is 6.43. The molecule has 4 nitrogen and oxygen atoms in total. The molecular weight excluding hydrogens is 260 g/mol. The molecule has 0 radical (unpaired) electrons. The number of sulfonamides is 1. The van der Waals surface area contributed by atoms with Gasteiger partial charge in [0.05, 0.1) is 5.75 Å². The molecule has 0 N–H and O–H groups in total. The molecule has 0 fully saturated rings. The fourth-order valence-corrected chi connectivity index (χ4v) is 3.11. The van der Waals surface area contributed by atoms with E-state index >= 15 is 0 Å². The van der Waals surface area contributed by atoms with Crippen molar-refractivity contribution in [3.63, 3.8) is 0 Å². The maximum atomic E-state index is 12.0. The Balaban J connectivity index is 2.64. The molecule has 0 saturated heterocycles. The van der Waals surface area contributed by atoms with Crippen LogP contribution in [0.3, 0.4) is 0 Å². The van der Waals surface area contributed by atoms with Crippen molar-refractivity contribution in [2.24, 2.45) is 0 Å². The Bertz CT molecular complexity index is 469. The van der Waals surface area contributed by atoms with Crippen LogP contribution >= 0.6 is 0 Å². The lowest BCUT2D eigenvalue weighted by molar-refractivity contribution is 0.298. The molecule has 0 aliphatic rings. The van der Waals surface area contributed by atoms with E-state index in [4.69, 9.17) is 0 Å². The van der Waals surface area contributed by atoms with Crippen molar-refractivity contribution in [3.8, 4) is 0 Å². The van der Waals surface area contributed by atoms with Gasteiger partial charge in [-0.25, -0.2) is 12.7 Å². The van der Waals surface area contributed by atoms with Crippen molar-refractivity contribution in [2.45, 2.75) is 18.9 Å². The van der Waals surface area contributed by atoms with Gasteiger partial charge in [0, 0.05) is 20.1 Å². The summed E-state index contributed by atoms with van der Waals surface area (Å²) < 4.78 is 25.2. The maximum Gasteiger partial charge on any atom is 0.215 e. The molecule has 0 bridgehead atoms. The predicted octanol–water partition coefficient (Wildman–Crippen LogP) is 1.44. The maximum absolute atomic E-state index is 12.0. The Morgan fingerprint density at radius 3 is 2.11 bits per heavy atom. The highest BCUT2D eigenvalue weighted by molar-refractivity contribution is 7.89. The molecule has 108 valence electrons. The van der Waals surface area contributed by atoms with E-state index in [0.717, 1.165) is 12.8 Å². The van der Waals surface area contributed by atoms with Crippen LogP contribution in [-0.4, -0.2) is 57.6 Å². The van der Waals surface area contributed by atoms with E-state index in [0.29, 0.717) is 0 Å². The number of rotatable bonds is 7. The van der Waals surface area contributed by atoms with Crippen molar-refractivity contribution in [1.29, 1.82) is 0 Å². The van der Waals surface area contributed by atoms with E-state index in [2.05, 4.69) is 12.1 Å². The minimum absolute atomic E-state index is 0.0348. The fraction of sp³-hybridized carbons (Fsp3) is 0.571. The van der Waals surface area contributed by atoms with Crippen LogP contribution in [0.25, 0.3) is 0 Å². The lowest BCUT2D eigenvalue weighted by Crippen LogP contribution is -2.39. The number of hydrogen-bond acceptors (Lipinski definition) is 3. The zero-order valence-corrected chi connectivity index (χ0v) is 13.0. The zero-order valence-electron chi connectivity index (χ0n) is 12.2. The molecule has 1 rings (SSSR count). The van der Waals surface area contributed by atoms with Crippen LogP contribution < -0.4 is 0 Å². The lowest BCUT2D eigenvalue weighted by Gasteiger charge is -2.25. The van der Waals surface area contributed by atoms with Gasteiger partial charge in [-0.15, -0.1) is 0 Å². The van der Waals surface area contributed by atoms with Gasteiger partial charge in [-0.1, -0.05) is 30.3 Å². The van der Waals surface area contributed by atoms with Crippen molar-refractivity contribution < 1.29 is 8.42 Å². The topological polar surface area (TPSA) is 40.6 Å². The first-order chi connectivity index (χ1) is 8.83. The Labute approximate surface area is 117 Å². The smallest absolute Gasteiger partial charge is 0.215 e. The average molecular weight is 284 g/mol. The van der Waals surface area contributed by atoms with E-state index in [1.54, 1.807) is 14.1 Å². The molecule has 0 unspecified atom stereocenters. The van der Waals surface area contributed by atoms with Gasteiger partial charge in [0.15, 0.2) is 0 Å². The molecule has 5 heteroatoms. The molecule has 1 atom stereocenters. The summed E-state index contributed by atoms with van der Waals surface area (Å²) in [7, 11) is 3.87. The van der Waals surface area contributed by atoms with Crippen LogP contribution in [-0.2, 0) is 16.4 Å². The first kappa shape index (κ1) is 16.1. The van der Waals surface area contributed by atoms with Crippen LogP contribution in [0.15, 0.2) is 30.3 Å². The Morgan fingerprint density at radius 1 is 1.05 bits per heavy atom. The predicted molar refractivity (Wildman–Crippen MR) is 79.7 cm³/mol. The van der Waals surface area contributed by atoms with Crippen molar-refractivity contribution in [1.82, 2.24) is 9.21 Å². The second-order valence-electron chi connectivity index (χ2n) is 5.20. The zero-order chi connectivity index (χ0) is 14.5. The molecule has 1 aromatic rings. The highest BCUT2D eigenvalue weighted by Gasteiger charge is 2.22. The largest absolute Gasteiger partial charge is 0.305 e. The van der Waals surface area contributed by atoms with Gasteiger partial charge >= 0.3 is 0 Å². The Hall–Kier alpha value is -0.910. The molecule has 1 aromatic carbocycles. The normalized spacial score (nSPS) is 14.0. The summed E-state index contributed by atoms with van der Waals surface area (Å²) in [6.07, 6.45) is 1.73. The monoisotopic (exact) mass is 284 g/mol. The molecule has 0 saturated carbocycles. The standard InChI is InChI=1S/C14H24N2O2S/c1-15(2)14(12-19(17,18)16(3)4)11-10-13-8-6-5-7-9-13/h5-9,14H,10-12H2,1-4H3/t14-/m1/s1. The molecule has 0 aliphatic carbocycles. The minimum atomic E-state index is -3.16. The summed E-state index contributed by atoms with van der Waals surface area (Å²) in [6.45, 7) is 0. The van der Waals surface area contributed by atoms with Gasteiger partial charge in [0.25, 0.3) is 0 Å². The average Bonchev–Trinajstić information content (AvgIpc) is 2.35. The van der Waals surface area contributed by atoms with E-state index < -0.39 is 10.0 Å².